The second-order valence-electron chi connectivity index (χ2n) is 8.43. The van der Waals surface area contributed by atoms with Crippen molar-refractivity contribution in [3.05, 3.63) is 58.2 Å². The van der Waals surface area contributed by atoms with E-state index in [4.69, 9.17) is 9.72 Å². The third-order valence-electron chi connectivity index (χ3n) is 5.94. The summed E-state index contributed by atoms with van der Waals surface area (Å²) in [6.07, 6.45) is 9.37. The van der Waals surface area contributed by atoms with Gasteiger partial charge in [0.05, 0.1) is 11.3 Å². The van der Waals surface area contributed by atoms with E-state index in [9.17, 15) is 14.7 Å². The Morgan fingerprint density at radius 2 is 1.94 bits per heavy atom. The molecular weight excluding hydrogens is 406 g/mol. The highest BCUT2D eigenvalue weighted by Crippen LogP contribution is 2.20. The lowest BCUT2D eigenvalue weighted by atomic mass is 9.95. The van der Waals surface area contributed by atoms with Gasteiger partial charge in [0.2, 0.25) is 0 Å². The van der Waals surface area contributed by atoms with Gasteiger partial charge < -0.3 is 15.2 Å². The number of ether oxygens (including phenoxy) is 1. The highest BCUT2D eigenvalue weighted by atomic mass is 16.5. The van der Waals surface area contributed by atoms with Crippen LogP contribution in [0, 0.1) is 13.8 Å². The molecule has 32 heavy (non-hydrogen) atoms. The zero-order chi connectivity index (χ0) is 22.9. The minimum absolute atomic E-state index is 0.214. The van der Waals surface area contributed by atoms with E-state index in [0.717, 1.165) is 43.4 Å². The second-order valence-corrected chi connectivity index (χ2v) is 8.43. The van der Waals surface area contributed by atoms with Gasteiger partial charge in [-0.05, 0) is 82.1 Å². The molecule has 2 aromatic heterocycles. The number of carboxylic acid groups (broad SMARTS) is 1. The summed E-state index contributed by atoms with van der Waals surface area (Å²) in [7, 11) is 0. The van der Waals surface area contributed by atoms with Gasteiger partial charge in [-0.3, -0.25) is 14.8 Å². The molecule has 0 fully saturated rings. The molecule has 1 amide bonds. The number of carbonyl (C=O) groups excluding carboxylic acids is 1. The maximum Gasteiger partial charge on any atom is 0.326 e. The molecule has 0 unspecified atom stereocenters. The number of nitrogens with one attached hydrogen (secondary N) is 1. The number of pyridine rings is 2. The highest BCUT2D eigenvalue weighted by molar-refractivity contribution is 5.98. The molecule has 7 heteroatoms. The van der Waals surface area contributed by atoms with E-state index in [1.807, 2.05) is 6.92 Å². The molecule has 7 nitrogen and oxygen atoms in total. The van der Waals surface area contributed by atoms with Gasteiger partial charge in [-0.2, -0.15) is 0 Å². The van der Waals surface area contributed by atoms with Gasteiger partial charge in [-0.25, -0.2) is 4.79 Å². The van der Waals surface area contributed by atoms with Gasteiger partial charge in [-0.15, -0.1) is 0 Å². The number of nitrogens with zero attached hydrogens (tertiary/aromatic N) is 2. The van der Waals surface area contributed by atoms with E-state index >= 15 is 0 Å². The molecule has 2 aromatic rings. The van der Waals surface area contributed by atoms with Crippen LogP contribution < -0.4 is 5.32 Å². The van der Waals surface area contributed by atoms with E-state index in [1.54, 1.807) is 19.2 Å². The predicted molar refractivity (Wildman–Crippen MR) is 122 cm³/mol. The summed E-state index contributed by atoms with van der Waals surface area (Å²) in [4.78, 5) is 33.0. The van der Waals surface area contributed by atoms with E-state index in [-0.39, 0.29) is 13.0 Å². The van der Waals surface area contributed by atoms with Crippen LogP contribution in [-0.4, -0.2) is 46.2 Å². The van der Waals surface area contributed by atoms with Crippen LogP contribution in [0.5, 0.6) is 0 Å². The molecule has 0 aliphatic heterocycles. The van der Waals surface area contributed by atoms with E-state index in [0.29, 0.717) is 17.9 Å². The quantitative estimate of drug-likeness (QED) is 0.519. The van der Waals surface area contributed by atoms with Crippen molar-refractivity contribution in [1.29, 1.82) is 0 Å². The Balaban J connectivity index is 1.36. The SMILES string of the molecule is Cc1ccnc(C)c1C(=O)N[C@@H](CCOCCCCc1ccc2c(n1)CCCC2)C(=O)O. The minimum atomic E-state index is -1.07. The average Bonchev–Trinajstić information content (AvgIpc) is 2.77. The maximum absolute atomic E-state index is 12.5. The number of hydrogen-bond donors (Lipinski definition) is 2. The summed E-state index contributed by atoms with van der Waals surface area (Å²) in [5, 5.41) is 12.1. The zero-order valence-electron chi connectivity index (χ0n) is 19.0. The van der Waals surface area contributed by atoms with Gasteiger partial charge in [-0.1, -0.05) is 6.07 Å². The lowest BCUT2D eigenvalue weighted by Crippen LogP contribution is -2.42. The molecule has 1 aliphatic carbocycles. The molecular formula is C25H33N3O4. The van der Waals surface area contributed by atoms with Crippen molar-refractivity contribution in [3.63, 3.8) is 0 Å². The van der Waals surface area contributed by atoms with Crippen molar-refractivity contribution in [1.82, 2.24) is 15.3 Å². The predicted octanol–water partition coefficient (Wildman–Crippen LogP) is 3.58. The van der Waals surface area contributed by atoms with Gasteiger partial charge >= 0.3 is 5.97 Å². The minimum Gasteiger partial charge on any atom is -0.480 e. The molecule has 1 aliphatic rings. The van der Waals surface area contributed by atoms with E-state index in [1.165, 1.54) is 24.1 Å². The van der Waals surface area contributed by atoms with Crippen LogP contribution in [0.25, 0.3) is 0 Å². The number of fused-ring (bicyclic) bond motifs is 1. The zero-order valence-corrected chi connectivity index (χ0v) is 19.0. The summed E-state index contributed by atoms with van der Waals surface area (Å²) in [5.74, 6) is -1.49. The Kier molecular flexibility index (Phi) is 8.73. The Labute approximate surface area is 189 Å². The molecule has 0 spiro atoms. The van der Waals surface area contributed by atoms with Crippen LogP contribution in [0.15, 0.2) is 24.4 Å². The van der Waals surface area contributed by atoms with Crippen LogP contribution in [0.3, 0.4) is 0 Å². The van der Waals surface area contributed by atoms with Crippen molar-refractivity contribution in [2.75, 3.05) is 13.2 Å². The van der Waals surface area contributed by atoms with Gasteiger partial charge in [0.1, 0.15) is 6.04 Å². The van der Waals surface area contributed by atoms with E-state index in [2.05, 4.69) is 22.4 Å². The van der Waals surface area contributed by atoms with Crippen LogP contribution in [0.4, 0.5) is 0 Å². The normalized spacial score (nSPS) is 13.9. The number of carbonyl (C=O) groups is 2. The molecule has 0 saturated carbocycles. The molecule has 172 valence electrons. The summed E-state index contributed by atoms with van der Waals surface area (Å²) >= 11 is 0. The van der Waals surface area contributed by atoms with Gasteiger partial charge in [0.25, 0.3) is 5.91 Å². The summed E-state index contributed by atoms with van der Waals surface area (Å²) in [6, 6.07) is 5.10. The molecule has 0 bridgehead atoms. The van der Waals surface area contributed by atoms with Gasteiger partial charge in [0.15, 0.2) is 0 Å². The first-order chi connectivity index (χ1) is 15.5. The molecule has 1 atom stereocenters. The van der Waals surface area contributed by atoms with Crippen molar-refractivity contribution in [3.8, 4) is 0 Å². The third kappa shape index (κ3) is 6.60. The lowest BCUT2D eigenvalue weighted by molar-refractivity contribution is -0.139. The third-order valence-corrected chi connectivity index (χ3v) is 5.94. The number of aliphatic carboxylic acids is 1. The monoisotopic (exact) mass is 439 g/mol. The van der Waals surface area contributed by atoms with Crippen LogP contribution in [0.1, 0.15) is 70.7 Å². The molecule has 0 aromatic carbocycles. The van der Waals surface area contributed by atoms with Crippen LogP contribution >= 0.6 is 0 Å². The standard InChI is InChI=1S/C25H33N3O4/c1-17-12-14-26-18(2)23(17)24(29)28-22(25(30)31)13-16-32-15-6-5-8-20-11-10-19-7-3-4-9-21(19)27-20/h10-12,14,22H,3-9,13,15-16H2,1-2H3,(H,28,29)(H,30,31)/t22-/m0/s1. The molecule has 0 saturated heterocycles. The summed E-state index contributed by atoms with van der Waals surface area (Å²) in [5.41, 5.74) is 5.58. The largest absolute Gasteiger partial charge is 0.480 e. The Morgan fingerprint density at radius 3 is 2.72 bits per heavy atom. The van der Waals surface area contributed by atoms with Crippen molar-refractivity contribution in [2.45, 2.75) is 71.3 Å². The first kappa shape index (κ1) is 23.9. The smallest absolute Gasteiger partial charge is 0.326 e. The number of aryl methyl sites for hydroxylation is 5. The fourth-order valence-corrected chi connectivity index (χ4v) is 4.11. The Hall–Kier alpha value is -2.80. The topological polar surface area (TPSA) is 101 Å². The molecule has 2 N–H and O–H groups in total. The lowest BCUT2D eigenvalue weighted by Gasteiger charge is -2.16. The maximum atomic E-state index is 12.5. The Bertz CT molecular complexity index is 925. The number of rotatable bonds is 11. The highest BCUT2D eigenvalue weighted by Gasteiger charge is 2.22. The van der Waals surface area contributed by atoms with Crippen molar-refractivity contribution < 1.29 is 19.4 Å². The fourth-order valence-electron chi connectivity index (χ4n) is 4.11. The molecule has 2 heterocycles. The van der Waals surface area contributed by atoms with Crippen molar-refractivity contribution >= 4 is 11.9 Å². The second kappa shape index (κ2) is 11.7. The van der Waals surface area contributed by atoms with Crippen molar-refractivity contribution in [2.24, 2.45) is 0 Å². The average molecular weight is 440 g/mol. The van der Waals surface area contributed by atoms with Crippen LogP contribution in [0.2, 0.25) is 0 Å². The number of amides is 1. The number of carboxylic acids is 1. The summed E-state index contributed by atoms with van der Waals surface area (Å²) in [6.45, 7) is 4.38. The molecule has 3 rings (SSSR count). The summed E-state index contributed by atoms with van der Waals surface area (Å²) < 4.78 is 5.63. The molecule has 0 radical (unpaired) electrons. The first-order valence-corrected chi connectivity index (χ1v) is 11.5. The van der Waals surface area contributed by atoms with E-state index < -0.39 is 17.9 Å². The first-order valence-electron chi connectivity index (χ1n) is 11.5. The Morgan fingerprint density at radius 1 is 1.12 bits per heavy atom. The number of aromatic nitrogens is 2. The fraction of sp³-hybridized carbons (Fsp3) is 0.520. The number of hydrogen-bond acceptors (Lipinski definition) is 5. The van der Waals surface area contributed by atoms with Gasteiger partial charge in [0, 0.05) is 37.2 Å². The van der Waals surface area contributed by atoms with Crippen LogP contribution in [-0.2, 0) is 28.8 Å². The number of unbranched alkanes of at least 4 members (excludes halogenated alkanes) is 1.